The van der Waals surface area contributed by atoms with Crippen molar-refractivity contribution in [3.05, 3.63) is 54.6 Å². The third-order valence-corrected chi connectivity index (χ3v) is 4.63. The van der Waals surface area contributed by atoms with E-state index in [1.54, 1.807) is 24.3 Å². The molecule has 0 bridgehead atoms. The average Bonchev–Trinajstić information content (AvgIpc) is 3.34. The van der Waals surface area contributed by atoms with Gasteiger partial charge in [0.15, 0.2) is 11.6 Å². The van der Waals surface area contributed by atoms with E-state index in [1.807, 2.05) is 24.4 Å². The summed E-state index contributed by atoms with van der Waals surface area (Å²) >= 11 is 0. The zero-order chi connectivity index (χ0) is 17.2. The fourth-order valence-electron chi connectivity index (χ4n) is 3.42. The number of hydrogen-bond donors (Lipinski definition) is 1. The van der Waals surface area contributed by atoms with Crippen molar-refractivity contribution in [1.29, 1.82) is 0 Å². The Morgan fingerprint density at radius 1 is 1.16 bits per heavy atom. The number of hydrogen-bond acceptors (Lipinski definition) is 6. The first-order chi connectivity index (χ1) is 12.3. The first kappa shape index (κ1) is 15.4. The molecule has 1 aliphatic heterocycles. The Morgan fingerprint density at radius 2 is 2.00 bits per heavy atom. The van der Waals surface area contributed by atoms with Gasteiger partial charge in [0, 0.05) is 31.4 Å². The molecule has 1 atom stereocenters. The Kier molecular flexibility index (Phi) is 3.97. The first-order valence-corrected chi connectivity index (χ1v) is 8.26. The monoisotopic (exact) mass is 336 g/mol. The Balaban J connectivity index is 1.61. The molecule has 25 heavy (non-hydrogen) atoms. The molecular weight excluding hydrogens is 316 g/mol. The van der Waals surface area contributed by atoms with Gasteiger partial charge in [0.25, 0.3) is 0 Å². The molecule has 3 aromatic rings. The lowest BCUT2D eigenvalue weighted by molar-refractivity contribution is 0.406. The van der Waals surface area contributed by atoms with Crippen molar-refractivity contribution >= 4 is 11.5 Å². The zero-order valence-corrected chi connectivity index (χ0v) is 14.0. The standard InChI is InChI=1S/C18H20N6O/c1-25-15-6-3-2-5-14(15)13-7-10-23(11-13)17-16(19)18(21-12-20-17)24-9-4-8-22-24/h2-6,8-9,12-13H,7,10-11,19H2,1H3/t13-/m1/s1. The third kappa shape index (κ3) is 2.77. The molecule has 128 valence electrons. The van der Waals surface area contributed by atoms with Crippen LogP contribution in [0.2, 0.25) is 0 Å². The SMILES string of the molecule is COc1ccccc1[C@@H]1CCN(c2ncnc(-n3cccn3)c2N)C1. The fraction of sp³-hybridized carbons (Fsp3) is 0.278. The largest absolute Gasteiger partial charge is 0.496 e. The van der Waals surface area contributed by atoms with Crippen molar-refractivity contribution in [2.45, 2.75) is 12.3 Å². The number of para-hydroxylation sites is 1. The summed E-state index contributed by atoms with van der Waals surface area (Å²) in [5.41, 5.74) is 8.12. The summed E-state index contributed by atoms with van der Waals surface area (Å²) in [6.45, 7) is 1.74. The second-order valence-electron chi connectivity index (χ2n) is 6.06. The van der Waals surface area contributed by atoms with E-state index >= 15 is 0 Å². The normalized spacial score (nSPS) is 17.0. The van der Waals surface area contributed by atoms with E-state index in [-0.39, 0.29) is 0 Å². The van der Waals surface area contributed by atoms with Gasteiger partial charge < -0.3 is 15.4 Å². The number of nitrogens with zero attached hydrogens (tertiary/aromatic N) is 5. The summed E-state index contributed by atoms with van der Waals surface area (Å²) in [6, 6.07) is 10.0. The lowest BCUT2D eigenvalue weighted by atomic mass is 9.97. The van der Waals surface area contributed by atoms with E-state index in [1.165, 1.54) is 5.56 Å². The van der Waals surface area contributed by atoms with Crippen LogP contribution in [0.4, 0.5) is 11.5 Å². The zero-order valence-electron chi connectivity index (χ0n) is 14.0. The van der Waals surface area contributed by atoms with Crippen LogP contribution in [0.1, 0.15) is 17.9 Å². The Hall–Kier alpha value is -3.09. The van der Waals surface area contributed by atoms with Gasteiger partial charge in [-0.25, -0.2) is 14.6 Å². The van der Waals surface area contributed by atoms with Gasteiger partial charge >= 0.3 is 0 Å². The number of rotatable bonds is 4. The number of nitrogens with two attached hydrogens (primary N) is 1. The summed E-state index contributed by atoms with van der Waals surface area (Å²) in [5.74, 6) is 2.69. The summed E-state index contributed by atoms with van der Waals surface area (Å²) in [7, 11) is 1.71. The van der Waals surface area contributed by atoms with Gasteiger partial charge in [-0.1, -0.05) is 18.2 Å². The summed E-state index contributed by atoms with van der Waals surface area (Å²) in [6.07, 6.45) is 6.10. The number of benzene rings is 1. The second kappa shape index (κ2) is 6.43. The maximum Gasteiger partial charge on any atom is 0.181 e. The van der Waals surface area contributed by atoms with Crippen molar-refractivity contribution in [2.24, 2.45) is 0 Å². The van der Waals surface area contributed by atoms with E-state index in [4.69, 9.17) is 10.5 Å². The third-order valence-electron chi connectivity index (χ3n) is 4.63. The highest BCUT2D eigenvalue weighted by atomic mass is 16.5. The molecule has 7 nitrogen and oxygen atoms in total. The molecule has 1 aromatic carbocycles. The smallest absolute Gasteiger partial charge is 0.181 e. The number of anilines is 2. The maximum absolute atomic E-state index is 6.34. The molecule has 0 amide bonds. The van der Waals surface area contributed by atoms with Crippen LogP contribution in [0, 0.1) is 0 Å². The quantitative estimate of drug-likeness (QED) is 0.787. The minimum atomic E-state index is 0.388. The van der Waals surface area contributed by atoms with Crippen molar-refractivity contribution in [3.8, 4) is 11.6 Å². The molecule has 0 saturated carbocycles. The molecule has 2 N–H and O–H groups in total. The van der Waals surface area contributed by atoms with Crippen LogP contribution in [0.25, 0.3) is 5.82 Å². The summed E-state index contributed by atoms with van der Waals surface area (Å²) in [4.78, 5) is 10.9. The van der Waals surface area contributed by atoms with Crippen LogP contribution in [0.15, 0.2) is 49.1 Å². The highest BCUT2D eigenvalue weighted by Crippen LogP contribution is 2.36. The lowest BCUT2D eigenvalue weighted by Crippen LogP contribution is -2.23. The average molecular weight is 336 g/mol. The van der Waals surface area contributed by atoms with Gasteiger partial charge in [-0.05, 0) is 24.1 Å². The van der Waals surface area contributed by atoms with Crippen molar-refractivity contribution in [3.63, 3.8) is 0 Å². The Labute approximate surface area is 146 Å². The fourth-order valence-corrected chi connectivity index (χ4v) is 3.42. The minimum Gasteiger partial charge on any atom is -0.496 e. The predicted molar refractivity (Wildman–Crippen MR) is 96.1 cm³/mol. The van der Waals surface area contributed by atoms with Gasteiger partial charge in [-0.15, -0.1) is 0 Å². The van der Waals surface area contributed by atoms with Crippen LogP contribution >= 0.6 is 0 Å². The van der Waals surface area contributed by atoms with Crippen LogP contribution < -0.4 is 15.4 Å². The molecule has 0 unspecified atom stereocenters. The molecule has 1 aliphatic rings. The molecule has 7 heteroatoms. The molecule has 1 saturated heterocycles. The van der Waals surface area contributed by atoms with E-state index in [0.29, 0.717) is 17.4 Å². The summed E-state index contributed by atoms with van der Waals surface area (Å²) < 4.78 is 7.17. The minimum absolute atomic E-state index is 0.388. The van der Waals surface area contributed by atoms with Crippen molar-refractivity contribution in [2.75, 3.05) is 30.8 Å². The molecule has 2 aromatic heterocycles. The molecule has 1 fully saturated rings. The number of methoxy groups -OCH3 is 1. The second-order valence-corrected chi connectivity index (χ2v) is 6.06. The number of ether oxygens (including phenoxy) is 1. The maximum atomic E-state index is 6.34. The molecule has 0 spiro atoms. The van der Waals surface area contributed by atoms with Gasteiger partial charge in [-0.2, -0.15) is 5.10 Å². The molecular formula is C18H20N6O. The van der Waals surface area contributed by atoms with Gasteiger partial charge in [0.1, 0.15) is 17.8 Å². The topological polar surface area (TPSA) is 82.1 Å². The molecule has 3 heterocycles. The van der Waals surface area contributed by atoms with E-state index in [0.717, 1.165) is 31.1 Å². The Morgan fingerprint density at radius 3 is 2.80 bits per heavy atom. The van der Waals surface area contributed by atoms with E-state index < -0.39 is 0 Å². The highest BCUT2D eigenvalue weighted by molar-refractivity contribution is 5.70. The lowest BCUT2D eigenvalue weighted by Gasteiger charge is -2.20. The van der Waals surface area contributed by atoms with Gasteiger partial charge in [0.2, 0.25) is 0 Å². The van der Waals surface area contributed by atoms with Crippen LogP contribution in [0.5, 0.6) is 5.75 Å². The number of aromatic nitrogens is 4. The Bertz CT molecular complexity index is 864. The van der Waals surface area contributed by atoms with Crippen molar-refractivity contribution < 1.29 is 4.74 Å². The molecule has 0 aliphatic carbocycles. The van der Waals surface area contributed by atoms with Crippen molar-refractivity contribution in [1.82, 2.24) is 19.7 Å². The van der Waals surface area contributed by atoms with Gasteiger partial charge in [0.05, 0.1) is 7.11 Å². The molecule has 0 radical (unpaired) electrons. The van der Waals surface area contributed by atoms with Crippen LogP contribution in [0.3, 0.4) is 0 Å². The van der Waals surface area contributed by atoms with Crippen LogP contribution in [-0.2, 0) is 0 Å². The summed E-state index contributed by atoms with van der Waals surface area (Å²) in [5, 5.41) is 4.21. The predicted octanol–water partition coefficient (Wildman–Crippen LogP) is 2.25. The van der Waals surface area contributed by atoms with E-state index in [9.17, 15) is 0 Å². The molecule has 4 rings (SSSR count). The van der Waals surface area contributed by atoms with E-state index in [2.05, 4.69) is 32.1 Å². The number of nitrogen functional groups attached to an aromatic ring is 1. The van der Waals surface area contributed by atoms with Crippen LogP contribution in [-0.4, -0.2) is 39.9 Å². The first-order valence-electron chi connectivity index (χ1n) is 8.26. The highest BCUT2D eigenvalue weighted by Gasteiger charge is 2.28. The van der Waals surface area contributed by atoms with Gasteiger partial charge in [-0.3, -0.25) is 0 Å².